The molecule has 106 valence electrons. The van der Waals surface area contributed by atoms with Crippen LogP contribution in [0.1, 0.15) is 62.4 Å². The summed E-state index contributed by atoms with van der Waals surface area (Å²) in [5.41, 5.74) is 0.0356. The number of aromatic amines is 1. The minimum Gasteiger partial charge on any atom is -0.391 e. The zero-order chi connectivity index (χ0) is 14.0. The number of amides is 1. The van der Waals surface area contributed by atoms with Crippen LogP contribution in [0.2, 0.25) is 0 Å². The normalized spacial score (nSPS) is 17.3. The minimum atomic E-state index is -0.550. The summed E-state index contributed by atoms with van der Waals surface area (Å²) in [6, 6.07) is 0. The molecule has 0 spiro atoms. The predicted molar refractivity (Wildman–Crippen MR) is 70.8 cm³/mol. The SMILES string of the molecule is CC(C)(C)CC(O)CNC(=O)c1n[nH]c(C2CC2)n1. The van der Waals surface area contributed by atoms with E-state index in [1.807, 2.05) is 0 Å². The molecule has 0 aliphatic heterocycles. The van der Waals surface area contributed by atoms with Gasteiger partial charge in [-0.15, -0.1) is 5.10 Å². The van der Waals surface area contributed by atoms with E-state index in [2.05, 4.69) is 41.3 Å². The van der Waals surface area contributed by atoms with E-state index in [0.29, 0.717) is 12.3 Å². The highest BCUT2D eigenvalue weighted by molar-refractivity contribution is 5.90. The van der Waals surface area contributed by atoms with Gasteiger partial charge in [-0.2, -0.15) is 0 Å². The maximum Gasteiger partial charge on any atom is 0.291 e. The number of aromatic nitrogens is 3. The minimum absolute atomic E-state index is 0.0356. The van der Waals surface area contributed by atoms with Crippen molar-refractivity contribution in [3.8, 4) is 0 Å². The van der Waals surface area contributed by atoms with Gasteiger partial charge in [-0.25, -0.2) is 4.98 Å². The van der Waals surface area contributed by atoms with Gasteiger partial charge in [0.25, 0.3) is 5.91 Å². The van der Waals surface area contributed by atoms with Crippen molar-refractivity contribution in [2.75, 3.05) is 6.54 Å². The number of H-pyrrole nitrogens is 1. The molecule has 1 saturated carbocycles. The summed E-state index contributed by atoms with van der Waals surface area (Å²) in [6.07, 6.45) is 2.31. The second-order valence-corrected chi connectivity index (χ2v) is 6.45. The second-order valence-electron chi connectivity index (χ2n) is 6.45. The van der Waals surface area contributed by atoms with Crippen LogP contribution in [0.15, 0.2) is 0 Å². The van der Waals surface area contributed by atoms with Gasteiger partial charge in [-0.1, -0.05) is 20.8 Å². The van der Waals surface area contributed by atoms with Crippen LogP contribution in [0, 0.1) is 5.41 Å². The van der Waals surface area contributed by atoms with Gasteiger partial charge in [-0.3, -0.25) is 9.89 Å². The van der Waals surface area contributed by atoms with Gasteiger partial charge < -0.3 is 10.4 Å². The van der Waals surface area contributed by atoms with E-state index in [0.717, 1.165) is 18.7 Å². The third-order valence-corrected chi connectivity index (χ3v) is 3.02. The molecule has 2 rings (SSSR count). The molecule has 6 nitrogen and oxygen atoms in total. The first-order chi connectivity index (χ1) is 8.85. The maximum absolute atomic E-state index is 11.8. The Morgan fingerprint density at radius 1 is 1.53 bits per heavy atom. The summed E-state index contributed by atoms with van der Waals surface area (Å²) in [6.45, 7) is 6.38. The van der Waals surface area contributed by atoms with Crippen molar-refractivity contribution >= 4 is 5.91 Å². The predicted octanol–water partition coefficient (Wildman–Crippen LogP) is 1.21. The van der Waals surface area contributed by atoms with E-state index in [9.17, 15) is 9.90 Å². The van der Waals surface area contributed by atoms with Crippen LogP contribution < -0.4 is 5.32 Å². The van der Waals surface area contributed by atoms with Gasteiger partial charge in [-0.05, 0) is 24.7 Å². The number of nitrogens with zero attached hydrogens (tertiary/aromatic N) is 2. The van der Waals surface area contributed by atoms with Crippen LogP contribution in [0.3, 0.4) is 0 Å². The highest BCUT2D eigenvalue weighted by Crippen LogP contribution is 2.37. The Balaban J connectivity index is 1.80. The van der Waals surface area contributed by atoms with E-state index < -0.39 is 6.10 Å². The highest BCUT2D eigenvalue weighted by Gasteiger charge is 2.28. The molecule has 0 aromatic carbocycles. The van der Waals surface area contributed by atoms with Crippen LogP contribution in [0.5, 0.6) is 0 Å². The molecule has 1 aliphatic carbocycles. The zero-order valence-electron chi connectivity index (χ0n) is 11.7. The number of carbonyl (C=O) groups is 1. The lowest BCUT2D eigenvalue weighted by Crippen LogP contribution is -2.34. The molecule has 1 aromatic heterocycles. The van der Waals surface area contributed by atoms with E-state index in [4.69, 9.17) is 0 Å². The molecule has 1 fully saturated rings. The number of aliphatic hydroxyl groups is 1. The molecule has 0 saturated heterocycles. The Morgan fingerprint density at radius 2 is 2.21 bits per heavy atom. The van der Waals surface area contributed by atoms with E-state index >= 15 is 0 Å². The lowest BCUT2D eigenvalue weighted by molar-refractivity contribution is 0.0860. The summed E-state index contributed by atoms with van der Waals surface area (Å²) in [7, 11) is 0. The Bertz CT molecular complexity index is 446. The fraction of sp³-hybridized carbons (Fsp3) is 0.769. The lowest BCUT2D eigenvalue weighted by atomic mass is 9.89. The number of nitrogens with one attached hydrogen (secondary N) is 2. The first kappa shape index (κ1) is 14.0. The zero-order valence-corrected chi connectivity index (χ0v) is 11.7. The molecule has 1 unspecified atom stereocenters. The molecule has 1 amide bonds. The van der Waals surface area contributed by atoms with Gasteiger partial charge in [0, 0.05) is 12.5 Å². The third kappa shape index (κ3) is 4.31. The molecule has 6 heteroatoms. The second kappa shape index (κ2) is 5.28. The van der Waals surface area contributed by atoms with Gasteiger partial charge in [0.1, 0.15) is 5.82 Å². The van der Waals surface area contributed by atoms with Crippen molar-refractivity contribution < 1.29 is 9.90 Å². The van der Waals surface area contributed by atoms with E-state index in [-0.39, 0.29) is 23.7 Å². The maximum atomic E-state index is 11.8. The third-order valence-electron chi connectivity index (χ3n) is 3.02. The summed E-state index contributed by atoms with van der Waals surface area (Å²) < 4.78 is 0. The summed E-state index contributed by atoms with van der Waals surface area (Å²) >= 11 is 0. The molecule has 0 radical (unpaired) electrons. The molecular formula is C13H22N4O2. The quantitative estimate of drug-likeness (QED) is 0.747. The average molecular weight is 266 g/mol. The Morgan fingerprint density at radius 3 is 2.79 bits per heavy atom. The Kier molecular flexibility index (Phi) is 3.89. The van der Waals surface area contributed by atoms with Crippen LogP contribution >= 0.6 is 0 Å². The van der Waals surface area contributed by atoms with Crippen LogP contribution in [-0.4, -0.2) is 38.8 Å². The standard InChI is InChI=1S/C13H22N4O2/c1-13(2,3)6-9(18)7-14-12(19)11-15-10(16-17-11)8-4-5-8/h8-9,18H,4-7H2,1-3H3,(H,14,19)(H,15,16,17). The molecule has 1 atom stereocenters. The molecule has 0 bridgehead atoms. The number of hydrogen-bond acceptors (Lipinski definition) is 4. The highest BCUT2D eigenvalue weighted by atomic mass is 16.3. The van der Waals surface area contributed by atoms with Crippen molar-refractivity contribution in [3.05, 3.63) is 11.6 Å². The first-order valence-electron chi connectivity index (χ1n) is 6.74. The van der Waals surface area contributed by atoms with Crippen molar-refractivity contribution in [3.63, 3.8) is 0 Å². The number of rotatable bonds is 5. The topological polar surface area (TPSA) is 90.9 Å². The molecule has 1 aliphatic rings. The molecule has 3 N–H and O–H groups in total. The summed E-state index contributed by atoms with van der Waals surface area (Å²) in [5.74, 6) is 1.06. The molecule has 1 aromatic rings. The summed E-state index contributed by atoms with van der Waals surface area (Å²) in [5, 5.41) is 19.2. The smallest absolute Gasteiger partial charge is 0.291 e. The van der Waals surface area contributed by atoms with Gasteiger partial charge in [0.05, 0.1) is 6.10 Å². The van der Waals surface area contributed by atoms with Gasteiger partial charge >= 0.3 is 0 Å². The molecule has 19 heavy (non-hydrogen) atoms. The van der Waals surface area contributed by atoms with Crippen molar-refractivity contribution in [2.45, 2.75) is 52.1 Å². The van der Waals surface area contributed by atoms with Crippen LogP contribution in [0.25, 0.3) is 0 Å². The van der Waals surface area contributed by atoms with Crippen molar-refractivity contribution in [1.82, 2.24) is 20.5 Å². The fourth-order valence-corrected chi connectivity index (χ4v) is 1.98. The number of carbonyl (C=O) groups excluding carboxylic acids is 1. The Hall–Kier alpha value is -1.43. The van der Waals surface area contributed by atoms with E-state index in [1.165, 1.54) is 0 Å². The summed E-state index contributed by atoms with van der Waals surface area (Å²) in [4.78, 5) is 16.0. The molecular weight excluding hydrogens is 244 g/mol. The average Bonchev–Trinajstić information content (AvgIpc) is 3.02. The van der Waals surface area contributed by atoms with Crippen LogP contribution in [-0.2, 0) is 0 Å². The van der Waals surface area contributed by atoms with Crippen molar-refractivity contribution in [2.24, 2.45) is 5.41 Å². The Labute approximate surface area is 113 Å². The number of hydrogen-bond donors (Lipinski definition) is 3. The monoisotopic (exact) mass is 266 g/mol. The fourth-order valence-electron chi connectivity index (χ4n) is 1.98. The van der Waals surface area contributed by atoms with Gasteiger partial charge in [0.15, 0.2) is 0 Å². The first-order valence-corrected chi connectivity index (χ1v) is 6.74. The van der Waals surface area contributed by atoms with E-state index in [1.54, 1.807) is 0 Å². The largest absolute Gasteiger partial charge is 0.391 e. The van der Waals surface area contributed by atoms with Gasteiger partial charge in [0.2, 0.25) is 5.82 Å². The van der Waals surface area contributed by atoms with Crippen LogP contribution in [0.4, 0.5) is 0 Å². The lowest BCUT2D eigenvalue weighted by Gasteiger charge is -2.22. The molecule has 1 heterocycles. The number of aliphatic hydroxyl groups excluding tert-OH is 1. The van der Waals surface area contributed by atoms with Crippen molar-refractivity contribution in [1.29, 1.82) is 0 Å².